The van der Waals surface area contributed by atoms with E-state index in [9.17, 15) is 0 Å². The first-order valence-electron chi connectivity index (χ1n) is 10.7. The number of rotatable bonds is 3. The topological polar surface area (TPSA) is 25.2 Å². The van der Waals surface area contributed by atoms with Crippen molar-refractivity contribution in [3.8, 4) is 22.5 Å². The Morgan fingerprint density at radius 3 is 2.19 bits per heavy atom. The fraction of sp³-hybridized carbons (Fsp3) is 0.103. The lowest BCUT2D eigenvalue weighted by molar-refractivity contribution is 0.632. The number of benzene rings is 4. The van der Waals surface area contributed by atoms with Crippen molar-refractivity contribution in [2.75, 3.05) is 5.32 Å². The smallest absolute Gasteiger partial charge is 0.137 e. The van der Waals surface area contributed by atoms with Crippen LogP contribution in [0, 0.1) is 0 Å². The molecule has 2 nitrogen and oxygen atoms in total. The average Bonchev–Trinajstić information content (AvgIpc) is 3.32. The first-order chi connectivity index (χ1) is 15.1. The van der Waals surface area contributed by atoms with Crippen LogP contribution in [0.2, 0.25) is 0 Å². The third-order valence-electron chi connectivity index (χ3n) is 6.49. The number of para-hydroxylation sites is 2. The van der Waals surface area contributed by atoms with Gasteiger partial charge in [0.1, 0.15) is 11.3 Å². The van der Waals surface area contributed by atoms with Gasteiger partial charge in [0, 0.05) is 33.3 Å². The number of anilines is 2. The van der Waals surface area contributed by atoms with E-state index in [-0.39, 0.29) is 5.41 Å². The lowest BCUT2D eigenvalue weighted by Gasteiger charge is -2.21. The number of hydrogen-bond acceptors (Lipinski definition) is 2. The maximum Gasteiger partial charge on any atom is 0.137 e. The molecular weight excluding hydrogens is 378 g/mol. The van der Waals surface area contributed by atoms with E-state index in [0.717, 1.165) is 33.7 Å². The molecule has 5 aromatic rings. The van der Waals surface area contributed by atoms with Gasteiger partial charge in [0.05, 0.1) is 0 Å². The molecule has 0 aliphatic heterocycles. The number of nitrogens with one attached hydrogen (secondary N) is 1. The first-order valence-corrected chi connectivity index (χ1v) is 10.7. The summed E-state index contributed by atoms with van der Waals surface area (Å²) < 4.78 is 6.17. The summed E-state index contributed by atoms with van der Waals surface area (Å²) in [6.45, 7) is 4.62. The van der Waals surface area contributed by atoms with Gasteiger partial charge in [-0.05, 0) is 47.0 Å². The van der Waals surface area contributed by atoms with Crippen molar-refractivity contribution in [3.05, 3.63) is 108 Å². The Kier molecular flexibility index (Phi) is 3.85. The van der Waals surface area contributed by atoms with Gasteiger partial charge in [0.25, 0.3) is 0 Å². The second-order valence-electron chi connectivity index (χ2n) is 8.72. The highest BCUT2D eigenvalue weighted by Gasteiger charge is 2.36. The molecule has 6 rings (SSSR count). The molecule has 0 radical (unpaired) electrons. The van der Waals surface area contributed by atoms with E-state index in [1.165, 1.54) is 22.3 Å². The minimum atomic E-state index is -0.0120. The molecule has 0 saturated heterocycles. The fourth-order valence-corrected chi connectivity index (χ4v) is 4.93. The molecule has 1 heterocycles. The van der Waals surface area contributed by atoms with Crippen LogP contribution in [0.25, 0.3) is 33.4 Å². The van der Waals surface area contributed by atoms with Gasteiger partial charge in [0.15, 0.2) is 0 Å². The van der Waals surface area contributed by atoms with E-state index in [0.29, 0.717) is 0 Å². The second kappa shape index (κ2) is 6.61. The molecule has 1 aromatic heterocycles. The number of furan rings is 1. The van der Waals surface area contributed by atoms with Crippen LogP contribution in [0.1, 0.15) is 25.0 Å². The third kappa shape index (κ3) is 2.72. The van der Waals surface area contributed by atoms with Crippen molar-refractivity contribution in [3.63, 3.8) is 0 Å². The Labute approximate surface area is 182 Å². The van der Waals surface area contributed by atoms with Crippen molar-refractivity contribution in [1.82, 2.24) is 0 Å². The van der Waals surface area contributed by atoms with Gasteiger partial charge >= 0.3 is 0 Å². The molecule has 1 aliphatic carbocycles. The second-order valence-corrected chi connectivity index (χ2v) is 8.72. The van der Waals surface area contributed by atoms with Crippen LogP contribution in [0.4, 0.5) is 11.4 Å². The summed E-state index contributed by atoms with van der Waals surface area (Å²) in [6.07, 6.45) is 0. The van der Waals surface area contributed by atoms with Crippen molar-refractivity contribution >= 4 is 22.3 Å². The molecule has 0 atom stereocenters. The summed E-state index contributed by atoms with van der Waals surface area (Å²) in [7, 11) is 0. The molecule has 1 N–H and O–H groups in total. The third-order valence-corrected chi connectivity index (χ3v) is 6.49. The van der Waals surface area contributed by atoms with E-state index in [1.807, 2.05) is 18.2 Å². The van der Waals surface area contributed by atoms with Gasteiger partial charge in [-0.1, -0.05) is 80.6 Å². The number of hydrogen-bond donors (Lipinski definition) is 1. The van der Waals surface area contributed by atoms with Gasteiger partial charge in [-0.2, -0.15) is 0 Å². The molecular formula is C29H23NO. The van der Waals surface area contributed by atoms with E-state index < -0.39 is 0 Å². The first kappa shape index (κ1) is 18.0. The van der Waals surface area contributed by atoms with E-state index in [4.69, 9.17) is 4.42 Å². The SMILES string of the molecule is CC1(C)c2ccccc2-c2c(Nc3ccccc3-c3cc4ccccc4o3)cccc21. The molecule has 1 aliphatic rings. The van der Waals surface area contributed by atoms with Crippen LogP contribution >= 0.6 is 0 Å². The Hall–Kier alpha value is -3.78. The molecule has 4 aromatic carbocycles. The van der Waals surface area contributed by atoms with Gasteiger partial charge in [-0.25, -0.2) is 0 Å². The minimum absolute atomic E-state index is 0.0120. The van der Waals surface area contributed by atoms with E-state index in [1.54, 1.807) is 0 Å². The Morgan fingerprint density at radius 2 is 1.32 bits per heavy atom. The highest BCUT2D eigenvalue weighted by Crippen LogP contribution is 2.52. The Morgan fingerprint density at radius 1 is 0.645 bits per heavy atom. The van der Waals surface area contributed by atoms with Crippen LogP contribution in [-0.4, -0.2) is 0 Å². The largest absolute Gasteiger partial charge is 0.456 e. The zero-order valence-electron chi connectivity index (χ0n) is 17.6. The Balaban J connectivity index is 1.49. The summed E-state index contributed by atoms with van der Waals surface area (Å²) in [6, 6.07) is 33.9. The lowest BCUT2D eigenvalue weighted by Crippen LogP contribution is -2.14. The van der Waals surface area contributed by atoms with Crippen molar-refractivity contribution in [2.24, 2.45) is 0 Å². The van der Waals surface area contributed by atoms with Gasteiger partial charge in [0.2, 0.25) is 0 Å². The average molecular weight is 402 g/mol. The van der Waals surface area contributed by atoms with Gasteiger partial charge < -0.3 is 9.73 Å². The summed E-state index contributed by atoms with van der Waals surface area (Å²) in [5.41, 5.74) is 9.46. The van der Waals surface area contributed by atoms with E-state index >= 15 is 0 Å². The maximum absolute atomic E-state index is 6.17. The molecule has 2 heteroatoms. The standard InChI is InChI=1S/C29H23NO/c1-29(2)22-13-6-4-11-20(22)28-23(29)14-9-16-25(28)30-24-15-7-5-12-21(24)27-18-19-10-3-8-17-26(19)31-27/h3-18,30H,1-2H3. The highest BCUT2D eigenvalue weighted by molar-refractivity contribution is 5.93. The molecule has 0 unspecified atom stereocenters. The molecule has 0 fully saturated rings. The highest BCUT2D eigenvalue weighted by atomic mass is 16.3. The molecule has 0 amide bonds. The lowest BCUT2D eigenvalue weighted by atomic mass is 9.82. The van der Waals surface area contributed by atoms with Crippen molar-refractivity contribution < 1.29 is 4.42 Å². The summed E-state index contributed by atoms with van der Waals surface area (Å²) >= 11 is 0. The summed E-state index contributed by atoms with van der Waals surface area (Å²) in [5.74, 6) is 0.873. The van der Waals surface area contributed by atoms with E-state index in [2.05, 4.69) is 98.0 Å². The van der Waals surface area contributed by atoms with Gasteiger partial charge in [-0.3, -0.25) is 0 Å². The molecule has 31 heavy (non-hydrogen) atoms. The predicted molar refractivity (Wildman–Crippen MR) is 129 cm³/mol. The summed E-state index contributed by atoms with van der Waals surface area (Å²) in [4.78, 5) is 0. The molecule has 0 saturated carbocycles. The molecule has 0 spiro atoms. The molecule has 0 bridgehead atoms. The van der Waals surface area contributed by atoms with Gasteiger partial charge in [-0.15, -0.1) is 0 Å². The monoisotopic (exact) mass is 401 g/mol. The van der Waals surface area contributed by atoms with Crippen molar-refractivity contribution in [1.29, 1.82) is 0 Å². The zero-order chi connectivity index (χ0) is 21.0. The predicted octanol–water partition coefficient (Wildman–Crippen LogP) is 8.15. The molecule has 150 valence electrons. The van der Waals surface area contributed by atoms with Crippen molar-refractivity contribution in [2.45, 2.75) is 19.3 Å². The van der Waals surface area contributed by atoms with Crippen LogP contribution < -0.4 is 5.32 Å². The van der Waals surface area contributed by atoms with Crippen LogP contribution in [0.15, 0.2) is 101 Å². The summed E-state index contributed by atoms with van der Waals surface area (Å²) in [5, 5.41) is 4.85. The van der Waals surface area contributed by atoms with Crippen LogP contribution in [0.3, 0.4) is 0 Å². The quantitative estimate of drug-likeness (QED) is 0.330. The fourth-order valence-electron chi connectivity index (χ4n) is 4.93. The van der Waals surface area contributed by atoms with Crippen LogP contribution in [-0.2, 0) is 5.41 Å². The minimum Gasteiger partial charge on any atom is -0.456 e. The zero-order valence-corrected chi connectivity index (χ0v) is 17.6. The normalized spacial score (nSPS) is 13.7. The maximum atomic E-state index is 6.17. The number of fused-ring (bicyclic) bond motifs is 4. The Bertz CT molecular complexity index is 1410. The van der Waals surface area contributed by atoms with Crippen LogP contribution in [0.5, 0.6) is 0 Å².